The second-order valence-electron chi connectivity index (χ2n) is 10.4. The predicted molar refractivity (Wildman–Crippen MR) is 126 cm³/mol. The number of aliphatic hydroxyl groups excluding tert-OH is 1. The van der Waals surface area contributed by atoms with Crippen molar-refractivity contribution in [2.24, 2.45) is 22.2 Å². The van der Waals surface area contributed by atoms with Gasteiger partial charge in [0.25, 0.3) is 0 Å². The maximum atomic E-state index is 10.1. The number of fused-ring (bicyclic) bond motifs is 5. The molecule has 1 N–H and O–H groups in total. The van der Waals surface area contributed by atoms with Crippen molar-refractivity contribution in [2.45, 2.75) is 99.8 Å². The first-order valence-corrected chi connectivity index (χ1v) is 12.2. The quantitative estimate of drug-likeness (QED) is 0.475. The third kappa shape index (κ3) is 3.55. The molecule has 0 aliphatic heterocycles. The second-order valence-corrected chi connectivity index (χ2v) is 10.4. The van der Waals surface area contributed by atoms with Crippen molar-refractivity contribution in [3.63, 3.8) is 0 Å². The first kappa shape index (κ1) is 23.1. The van der Waals surface area contributed by atoms with Crippen molar-refractivity contribution in [3.05, 3.63) is 46.3 Å². The van der Waals surface area contributed by atoms with Crippen LogP contribution in [0, 0.1) is 22.2 Å². The summed E-state index contributed by atoms with van der Waals surface area (Å²) in [5.74, 6) is 1.55. The highest BCUT2D eigenvalue weighted by atomic mass is 16.3. The van der Waals surface area contributed by atoms with E-state index in [4.69, 9.17) is 0 Å². The Morgan fingerprint density at radius 2 is 1.80 bits per heavy atom. The first-order valence-electron chi connectivity index (χ1n) is 12.2. The van der Waals surface area contributed by atoms with E-state index < -0.39 is 0 Å². The van der Waals surface area contributed by atoms with Crippen LogP contribution in [0.4, 0.5) is 0 Å². The smallest absolute Gasteiger partial charge is 0.129 e. The molecule has 5 rings (SSSR count). The minimum absolute atomic E-state index is 0.171. The lowest BCUT2D eigenvalue weighted by atomic mass is 9.52. The highest BCUT2D eigenvalue weighted by Crippen LogP contribution is 2.71. The number of carbonyl (C=O) groups is 1. The van der Waals surface area contributed by atoms with Gasteiger partial charge in [-0.05, 0) is 97.5 Å². The predicted octanol–water partition coefficient (Wildman–Crippen LogP) is 8.02. The van der Waals surface area contributed by atoms with E-state index >= 15 is 0 Å². The van der Waals surface area contributed by atoms with Gasteiger partial charge in [-0.2, -0.15) is 0 Å². The maximum Gasteiger partial charge on any atom is 0.129 e. The summed E-state index contributed by atoms with van der Waals surface area (Å²) in [4.78, 5) is 9.81. The van der Waals surface area contributed by atoms with E-state index in [1.54, 1.807) is 29.2 Å². The number of allylic oxidation sites excluding steroid dienone is 7. The van der Waals surface area contributed by atoms with Crippen LogP contribution in [0.1, 0.15) is 99.8 Å². The Morgan fingerprint density at radius 1 is 1.17 bits per heavy atom. The number of aliphatic hydroxyl groups is 1. The van der Waals surface area contributed by atoms with E-state index in [0.717, 1.165) is 12.3 Å². The lowest BCUT2D eigenvalue weighted by Gasteiger charge is -2.51. The van der Waals surface area contributed by atoms with Crippen molar-refractivity contribution < 1.29 is 9.90 Å². The van der Waals surface area contributed by atoms with E-state index in [9.17, 15) is 9.90 Å². The van der Waals surface area contributed by atoms with Gasteiger partial charge in [0, 0.05) is 11.8 Å². The molecule has 30 heavy (non-hydrogen) atoms. The highest BCUT2D eigenvalue weighted by molar-refractivity contribution is 5.74. The lowest BCUT2D eigenvalue weighted by Crippen LogP contribution is -2.40. The van der Waals surface area contributed by atoms with Crippen molar-refractivity contribution in [2.75, 3.05) is 0 Å². The summed E-state index contributed by atoms with van der Waals surface area (Å²) in [6.07, 6.45) is 16.1. The number of hydrogen-bond donors (Lipinski definition) is 1. The molecule has 3 atom stereocenters. The molecule has 166 valence electrons. The van der Waals surface area contributed by atoms with Crippen LogP contribution >= 0.6 is 0 Å². The Labute approximate surface area is 184 Å². The summed E-state index contributed by atoms with van der Waals surface area (Å²) >= 11 is 0. The Hall–Kier alpha value is -1.57. The largest absolute Gasteiger partial charge is 0.508 e. The van der Waals surface area contributed by atoms with Crippen LogP contribution in [0.15, 0.2) is 46.3 Å². The summed E-state index contributed by atoms with van der Waals surface area (Å²) in [5, 5.41) is 10.1. The fraction of sp³-hybridized carbons (Fsp3) is 0.679. The van der Waals surface area contributed by atoms with Gasteiger partial charge in [-0.3, -0.25) is 0 Å². The molecule has 3 unspecified atom stereocenters. The average molecular weight is 411 g/mol. The van der Waals surface area contributed by atoms with Crippen LogP contribution in [0.2, 0.25) is 0 Å². The minimum Gasteiger partial charge on any atom is -0.508 e. The second kappa shape index (κ2) is 8.17. The normalized spacial score (nSPS) is 34.6. The van der Waals surface area contributed by atoms with Gasteiger partial charge in [0.2, 0.25) is 0 Å². The van der Waals surface area contributed by atoms with Gasteiger partial charge in [0.05, 0.1) is 0 Å². The number of Topliss-reactive ketones (excluding diaryl/α,β-unsaturated/α-hetero) is 1. The number of rotatable bonds is 1. The van der Waals surface area contributed by atoms with E-state index in [0.29, 0.717) is 23.0 Å². The molecule has 1 fully saturated rings. The number of ketones is 1. The zero-order valence-corrected chi connectivity index (χ0v) is 20.3. The number of hydrogen-bond acceptors (Lipinski definition) is 2. The van der Waals surface area contributed by atoms with Gasteiger partial charge in [0.1, 0.15) is 11.5 Å². The zero-order chi connectivity index (χ0) is 22.3. The molecule has 0 amide bonds. The monoisotopic (exact) mass is 410 g/mol. The summed E-state index contributed by atoms with van der Waals surface area (Å²) in [6.45, 7) is 14.8. The number of carbonyl (C=O) groups excluding carboxylic acids is 1. The van der Waals surface area contributed by atoms with Gasteiger partial charge >= 0.3 is 0 Å². The summed E-state index contributed by atoms with van der Waals surface area (Å²) < 4.78 is 0. The Bertz CT molecular complexity index is 833. The SMILES string of the molecule is CC.CC1CC=C2C3=C(CCC21C)C1(C)CC=C(O)C=C1C1(CC1)C3.CCC(C)=O. The molecular weight excluding hydrogens is 368 g/mol. The standard InChI is InChI=1S/C22H28O.C4H8O.C2H6/c1-14-4-5-17-16-13-22(10-11-22)19-12-15(23)6-8-21(19,3)18(16)7-9-20(14,17)2;1-3-4(2)5;1-2/h5-6,12,14,23H,4,7-11,13H2,1-3H3;3H2,1-2H3;1-2H3. The fourth-order valence-corrected chi connectivity index (χ4v) is 6.25. The summed E-state index contributed by atoms with van der Waals surface area (Å²) in [7, 11) is 0. The van der Waals surface area contributed by atoms with Crippen molar-refractivity contribution in [1.29, 1.82) is 0 Å². The van der Waals surface area contributed by atoms with Crippen molar-refractivity contribution >= 4 is 5.78 Å². The Morgan fingerprint density at radius 3 is 2.37 bits per heavy atom. The van der Waals surface area contributed by atoms with Crippen LogP contribution < -0.4 is 0 Å². The maximum absolute atomic E-state index is 10.1. The summed E-state index contributed by atoms with van der Waals surface area (Å²) in [6, 6.07) is 0. The molecule has 0 saturated heterocycles. The average Bonchev–Trinajstić information content (AvgIpc) is 3.43. The molecule has 0 aromatic heterocycles. The van der Waals surface area contributed by atoms with E-state index in [2.05, 4.69) is 39.0 Å². The molecule has 1 spiro atoms. The molecule has 0 aromatic rings. The van der Waals surface area contributed by atoms with E-state index in [-0.39, 0.29) is 11.2 Å². The Balaban J connectivity index is 0.000000324. The van der Waals surface area contributed by atoms with Gasteiger partial charge in [-0.15, -0.1) is 0 Å². The third-order valence-corrected chi connectivity index (χ3v) is 8.67. The molecule has 0 bridgehead atoms. The van der Waals surface area contributed by atoms with Gasteiger partial charge < -0.3 is 9.90 Å². The third-order valence-electron chi connectivity index (χ3n) is 8.67. The van der Waals surface area contributed by atoms with Crippen LogP contribution in [0.25, 0.3) is 0 Å². The molecule has 5 aliphatic carbocycles. The zero-order valence-electron chi connectivity index (χ0n) is 20.3. The van der Waals surface area contributed by atoms with Gasteiger partial charge in [-0.25, -0.2) is 0 Å². The van der Waals surface area contributed by atoms with E-state index in [1.807, 2.05) is 20.8 Å². The molecule has 0 heterocycles. The van der Waals surface area contributed by atoms with Gasteiger partial charge in [0.15, 0.2) is 0 Å². The molecule has 5 aliphatic rings. The fourth-order valence-electron chi connectivity index (χ4n) is 6.25. The topological polar surface area (TPSA) is 37.3 Å². The molecule has 2 heteroatoms. The first-order chi connectivity index (χ1) is 14.2. The minimum atomic E-state index is 0.171. The van der Waals surface area contributed by atoms with E-state index in [1.165, 1.54) is 38.5 Å². The lowest BCUT2D eigenvalue weighted by molar-refractivity contribution is -0.116. The van der Waals surface area contributed by atoms with Crippen molar-refractivity contribution in [3.8, 4) is 0 Å². The van der Waals surface area contributed by atoms with Gasteiger partial charge in [-0.1, -0.05) is 53.2 Å². The van der Waals surface area contributed by atoms with Crippen LogP contribution in [0.3, 0.4) is 0 Å². The molecule has 0 aromatic carbocycles. The Kier molecular flexibility index (Phi) is 6.29. The molecule has 0 radical (unpaired) electrons. The van der Waals surface area contributed by atoms with Crippen LogP contribution in [-0.4, -0.2) is 10.9 Å². The molecule has 2 nitrogen and oxygen atoms in total. The van der Waals surface area contributed by atoms with Crippen molar-refractivity contribution in [1.82, 2.24) is 0 Å². The van der Waals surface area contributed by atoms with Crippen LogP contribution in [-0.2, 0) is 4.79 Å². The summed E-state index contributed by atoms with van der Waals surface area (Å²) in [5.41, 5.74) is 7.66. The van der Waals surface area contributed by atoms with Crippen LogP contribution in [0.5, 0.6) is 0 Å². The molecular formula is C28H42O2. The molecule has 1 saturated carbocycles. The highest BCUT2D eigenvalue weighted by Gasteiger charge is 2.59.